The van der Waals surface area contributed by atoms with Crippen LogP contribution in [0, 0.1) is 0 Å². The molecule has 0 aliphatic carbocycles. The van der Waals surface area contributed by atoms with Gasteiger partial charge in [-0.3, -0.25) is 0 Å². The molecule has 1 aliphatic rings. The average Bonchev–Trinajstić information content (AvgIpc) is 3.05. The summed E-state index contributed by atoms with van der Waals surface area (Å²) >= 11 is 0. The van der Waals surface area contributed by atoms with Gasteiger partial charge in [0.25, 0.3) is 0 Å². The number of hydrogen-bond donors (Lipinski definition) is 1. The van der Waals surface area contributed by atoms with Crippen molar-refractivity contribution in [2.45, 2.75) is 0 Å². The second kappa shape index (κ2) is 5.93. The fourth-order valence-corrected chi connectivity index (χ4v) is 2.27. The summed E-state index contributed by atoms with van der Waals surface area (Å²) in [6.45, 7) is 0.172. The van der Waals surface area contributed by atoms with Gasteiger partial charge in [0.2, 0.25) is 12.5 Å². The second-order valence-electron chi connectivity index (χ2n) is 4.61. The molecule has 1 heterocycles. The molecule has 0 radical (unpaired) electrons. The van der Waals surface area contributed by atoms with Gasteiger partial charge < -0.3 is 29.0 Å². The molecular formula is C16H17NO5. The average molecular weight is 303 g/mol. The van der Waals surface area contributed by atoms with E-state index in [0.717, 1.165) is 11.4 Å². The maximum Gasteiger partial charge on any atom is 0.231 e. The third kappa shape index (κ3) is 2.55. The molecule has 116 valence electrons. The summed E-state index contributed by atoms with van der Waals surface area (Å²) < 4.78 is 26.8. The summed E-state index contributed by atoms with van der Waals surface area (Å²) in [5, 5.41) is 3.28. The summed E-state index contributed by atoms with van der Waals surface area (Å²) in [6.07, 6.45) is 0. The number of nitrogens with one attached hydrogen (secondary N) is 1. The Balaban J connectivity index is 1.95. The zero-order valence-electron chi connectivity index (χ0n) is 12.6. The lowest BCUT2D eigenvalue weighted by Gasteiger charge is -2.13. The van der Waals surface area contributed by atoms with Crippen molar-refractivity contribution in [1.82, 2.24) is 0 Å². The summed E-state index contributed by atoms with van der Waals surface area (Å²) in [5.74, 6) is 3.26. The van der Waals surface area contributed by atoms with Gasteiger partial charge in [-0.15, -0.1) is 0 Å². The fourth-order valence-electron chi connectivity index (χ4n) is 2.27. The van der Waals surface area contributed by atoms with E-state index >= 15 is 0 Å². The molecule has 0 bridgehead atoms. The van der Waals surface area contributed by atoms with Crippen LogP contribution in [0.25, 0.3) is 0 Å². The van der Waals surface area contributed by atoms with Gasteiger partial charge in [-0.1, -0.05) is 0 Å². The van der Waals surface area contributed by atoms with Crippen molar-refractivity contribution in [2.75, 3.05) is 33.4 Å². The molecule has 0 unspecified atom stereocenters. The molecule has 3 rings (SSSR count). The molecule has 0 atom stereocenters. The SMILES string of the molecule is COc1cc(Nc2ccc(OC)c3c2OCO3)cc(OC)c1. The van der Waals surface area contributed by atoms with E-state index in [1.165, 1.54) is 0 Å². The van der Waals surface area contributed by atoms with Crippen LogP contribution in [0.4, 0.5) is 11.4 Å². The third-order valence-electron chi connectivity index (χ3n) is 3.33. The van der Waals surface area contributed by atoms with Crippen molar-refractivity contribution in [3.05, 3.63) is 30.3 Å². The first kappa shape index (κ1) is 14.2. The van der Waals surface area contributed by atoms with Crippen molar-refractivity contribution < 1.29 is 23.7 Å². The normalized spacial score (nSPS) is 12.0. The number of ether oxygens (including phenoxy) is 5. The Bertz CT molecular complexity index is 664. The molecule has 2 aromatic carbocycles. The Hall–Kier alpha value is -2.76. The van der Waals surface area contributed by atoms with Crippen molar-refractivity contribution in [3.63, 3.8) is 0 Å². The molecule has 1 aliphatic heterocycles. The van der Waals surface area contributed by atoms with Crippen molar-refractivity contribution >= 4 is 11.4 Å². The van der Waals surface area contributed by atoms with Crippen LogP contribution in [0.3, 0.4) is 0 Å². The van der Waals surface area contributed by atoms with E-state index in [-0.39, 0.29) is 6.79 Å². The van der Waals surface area contributed by atoms with E-state index < -0.39 is 0 Å². The predicted octanol–water partition coefficient (Wildman–Crippen LogP) is 3.18. The maximum absolute atomic E-state index is 5.53. The Labute approximate surface area is 128 Å². The minimum Gasteiger partial charge on any atom is -0.497 e. The zero-order chi connectivity index (χ0) is 15.5. The summed E-state index contributed by atoms with van der Waals surface area (Å²) in [6, 6.07) is 9.25. The second-order valence-corrected chi connectivity index (χ2v) is 4.61. The third-order valence-corrected chi connectivity index (χ3v) is 3.33. The van der Waals surface area contributed by atoms with Gasteiger partial charge in [0.1, 0.15) is 11.5 Å². The molecule has 2 aromatic rings. The molecule has 6 heteroatoms. The fraction of sp³-hybridized carbons (Fsp3) is 0.250. The van der Waals surface area contributed by atoms with E-state index in [1.807, 2.05) is 30.3 Å². The highest BCUT2D eigenvalue weighted by Gasteiger charge is 2.23. The van der Waals surface area contributed by atoms with Gasteiger partial charge in [0.05, 0.1) is 27.0 Å². The smallest absolute Gasteiger partial charge is 0.231 e. The first-order valence-corrected chi connectivity index (χ1v) is 6.72. The molecular weight excluding hydrogens is 286 g/mol. The number of rotatable bonds is 5. The molecule has 22 heavy (non-hydrogen) atoms. The van der Waals surface area contributed by atoms with Crippen molar-refractivity contribution in [3.8, 4) is 28.7 Å². The Kier molecular flexibility index (Phi) is 3.82. The highest BCUT2D eigenvalue weighted by Crippen LogP contribution is 2.47. The number of anilines is 2. The van der Waals surface area contributed by atoms with Crippen LogP contribution < -0.4 is 29.0 Å². The van der Waals surface area contributed by atoms with Crippen LogP contribution in [-0.2, 0) is 0 Å². The Morgan fingerprint density at radius 2 is 1.55 bits per heavy atom. The molecule has 0 aromatic heterocycles. The van der Waals surface area contributed by atoms with E-state index in [4.69, 9.17) is 23.7 Å². The zero-order valence-corrected chi connectivity index (χ0v) is 12.6. The molecule has 6 nitrogen and oxygen atoms in total. The molecule has 0 saturated carbocycles. The summed E-state index contributed by atoms with van der Waals surface area (Å²) in [5.41, 5.74) is 1.60. The van der Waals surface area contributed by atoms with E-state index in [2.05, 4.69) is 5.32 Å². The lowest BCUT2D eigenvalue weighted by atomic mass is 10.2. The number of benzene rings is 2. The van der Waals surface area contributed by atoms with Crippen LogP contribution in [0.5, 0.6) is 28.7 Å². The minimum absolute atomic E-state index is 0.172. The summed E-state index contributed by atoms with van der Waals surface area (Å²) in [4.78, 5) is 0. The lowest BCUT2D eigenvalue weighted by molar-refractivity contribution is 0.171. The predicted molar refractivity (Wildman–Crippen MR) is 81.9 cm³/mol. The van der Waals surface area contributed by atoms with E-state index in [9.17, 15) is 0 Å². The first-order chi connectivity index (χ1) is 10.7. The van der Waals surface area contributed by atoms with Crippen LogP contribution in [-0.4, -0.2) is 28.1 Å². The van der Waals surface area contributed by atoms with Gasteiger partial charge in [0, 0.05) is 23.9 Å². The minimum atomic E-state index is 0.172. The topological polar surface area (TPSA) is 58.2 Å². The van der Waals surface area contributed by atoms with Crippen LogP contribution >= 0.6 is 0 Å². The van der Waals surface area contributed by atoms with Gasteiger partial charge in [-0.2, -0.15) is 0 Å². The van der Waals surface area contributed by atoms with Gasteiger partial charge in [0.15, 0.2) is 11.5 Å². The van der Waals surface area contributed by atoms with Gasteiger partial charge >= 0.3 is 0 Å². The molecule has 0 saturated heterocycles. The highest BCUT2D eigenvalue weighted by atomic mass is 16.7. The lowest BCUT2D eigenvalue weighted by Crippen LogP contribution is -1.96. The van der Waals surface area contributed by atoms with Crippen LogP contribution in [0.15, 0.2) is 30.3 Å². The first-order valence-electron chi connectivity index (χ1n) is 6.72. The van der Waals surface area contributed by atoms with Gasteiger partial charge in [-0.05, 0) is 12.1 Å². The van der Waals surface area contributed by atoms with E-state index in [0.29, 0.717) is 28.7 Å². The molecule has 1 N–H and O–H groups in total. The highest BCUT2D eigenvalue weighted by molar-refractivity contribution is 5.74. The Morgan fingerprint density at radius 3 is 2.18 bits per heavy atom. The largest absolute Gasteiger partial charge is 0.497 e. The number of methoxy groups -OCH3 is 3. The monoisotopic (exact) mass is 303 g/mol. The quantitative estimate of drug-likeness (QED) is 0.915. The number of fused-ring (bicyclic) bond motifs is 1. The van der Waals surface area contributed by atoms with Gasteiger partial charge in [-0.25, -0.2) is 0 Å². The Morgan fingerprint density at radius 1 is 0.864 bits per heavy atom. The number of hydrogen-bond acceptors (Lipinski definition) is 6. The van der Waals surface area contributed by atoms with Crippen molar-refractivity contribution in [2.24, 2.45) is 0 Å². The van der Waals surface area contributed by atoms with E-state index in [1.54, 1.807) is 21.3 Å². The summed E-state index contributed by atoms with van der Waals surface area (Å²) in [7, 11) is 4.82. The standard InChI is InChI=1S/C16H17NO5/c1-18-11-6-10(7-12(8-11)19-2)17-13-4-5-14(20-3)16-15(13)21-9-22-16/h4-8,17H,9H2,1-3H3. The van der Waals surface area contributed by atoms with Crippen LogP contribution in [0.1, 0.15) is 0 Å². The molecule has 0 spiro atoms. The van der Waals surface area contributed by atoms with Crippen LogP contribution in [0.2, 0.25) is 0 Å². The maximum atomic E-state index is 5.53. The van der Waals surface area contributed by atoms with Crippen molar-refractivity contribution in [1.29, 1.82) is 0 Å². The molecule has 0 fully saturated rings. The molecule has 0 amide bonds.